The maximum Gasteiger partial charge on any atom is 0.175 e. The van der Waals surface area contributed by atoms with Gasteiger partial charge in [0.25, 0.3) is 0 Å². The molecule has 0 fully saturated rings. The van der Waals surface area contributed by atoms with Crippen molar-refractivity contribution in [3.8, 4) is 0 Å². The van der Waals surface area contributed by atoms with Gasteiger partial charge in [-0.15, -0.1) is 0 Å². The average Bonchev–Trinajstić information content (AvgIpc) is 2.62. The van der Waals surface area contributed by atoms with Crippen molar-refractivity contribution in [2.45, 2.75) is 20.3 Å². The summed E-state index contributed by atoms with van der Waals surface area (Å²) >= 11 is 5.52. The Kier molecular flexibility index (Phi) is 5.46. The fraction of sp³-hybridized carbons (Fsp3) is 0.136. The van der Waals surface area contributed by atoms with E-state index in [9.17, 15) is 0 Å². The van der Waals surface area contributed by atoms with Crippen LogP contribution in [0.15, 0.2) is 72.8 Å². The molecule has 3 aromatic rings. The second-order valence-electron chi connectivity index (χ2n) is 6.15. The van der Waals surface area contributed by atoms with Crippen LogP contribution in [0, 0.1) is 13.8 Å². The van der Waals surface area contributed by atoms with Crippen molar-refractivity contribution in [2.24, 2.45) is 0 Å². The average molecular weight is 346 g/mol. The van der Waals surface area contributed by atoms with Crippen LogP contribution in [-0.2, 0) is 6.42 Å². The third-order valence-corrected chi connectivity index (χ3v) is 4.56. The topological polar surface area (TPSA) is 24.1 Å². The van der Waals surface area contributed by atoms with Gasteiger partial charge in [0.1, 0.15) is 0 Å². The molecule has 0 aliphatic heterocycles. The highest BCUT2D eigenvalue weighted by Gasteiger charge is 2.07. The minimum absolute atomic E-state index is 0.606. The number of rotatable bonds is 4. The highest BCUT2D eigenvalue weighted by molar-refractivity contribution is 7.80. The molecule has 3 aromatic carbocycles. The zero-order chi connectivity index (χ0) is 17.6. The highest BCUT2D eigenvalue weighted by atomic mass is 32.1. The lowest BCUT2D eigenvalue weighted by atomic mass is 10.0. The first-order valence-electron chi connectivity index (χ1n) is 8.39. The maximum absolute atomic E-state index is 5.52. The van der Waals surface area contributed by atoms with Crippen LogP contribution in [0.4, 0.5) is 11.4 Å². The number of benzene rings is 3. The van der Waals surface area contributed by atoms with Crippen molar-refractivity contribution in [1.82, 2.24) is 0 Å². The zero-order valence-corrected chi connectivity index (χ0v) is 15.4. The summed E-state index contributed by atoms with van der Waals surface area (Å²) in [5.41, 5.74) is 7.04. The third kappa shape index (κ3) is 4.46. The van der Waals surface area contributed by atoms with Crippen LogP contribution in [-0.4, -0.2) is 5.11 Å². The fourth-order valence-electron chi connectivity index (χ4n) is 2.77. The van der Waals surface area contributed by atoms with Gasteiger partial charge in [-0.2, -0.15) is 0 Å². The summed E-state index contributed by atoms with van der Waals surface area (Å²) in [5, 5.41) is 7.26. The summed E-state index contributed by atoms with van der Waals surface area (Å²) in [5.74, 6) is 0. The summed E-state index contributed by atoms with van der Waals surface area (Å²) in [7, 11) is 0. The van der Waals surface area contributed by atoms with Gasteiger partial charge >= 0.3 is 0 Å². The molecule has 0 unspecified atom stereocenters. The van der Waals surface area contributed by atoms with Crippen molar-refractivity contribution < 1.29 is 0 Å². The molecule has 0 radical (unpaired) electrons. The maximum atomic E-state index is 5.52. The van der Waals surface area contributed by atoms with Gasteiger partial charge < -0.3 is 10.6 Å². The lowest BCUT2D eigenvalue weighted by molar-refractivity contribution is 1.19. The Morgan fingerprint density at radius 2 is 1.40 bits per heavy atom. The molecule has 0 spiro atoms. The Morgan fingerprint density at radius 3 is 2.20 bits per heavy atom. The first kappa shape index (κ1) is 17.2. The Balaban J connectivity index is 1.74. The Labute approximate surface area is 154 Å². The van der Waals surface area contributed by atoms with Gasteiger partial charge in [-0.1, -0.05) is 60.7 Å². The molecule has 0 atom stereocenters. The van der Waals surface area contributed by atoms with Crippen molar-refractivity contribution in [2.75, 3.05) is 10.6 Å². The quantitative estimate of drug-likeness (QED) is 0.592. The van der Waals surface area contributed by atoms with E-state index in [1.807, 2.05) is 24.3 Å². The second kappa shape index (κ2) is 7.95. The molecule has 0 amide bonds. The lowest BCUT2D eigenvalue weighted by Crippen LogP contribution is -2.20. The monoisotopic (exact) mass is 346 g/mol. The summed E-state index contributed by atoms with van der Waals surface area (Å²) in [4.78, 5) is 0. The van der Waals surface area contributed by atoms with E-state index in [0.717, 1.165) is 17.8 Å². The second-order valence-corrected chi connectivity index (χ2v) is 6.55. The minimum atomic E-state index is 0.606. The number of aryl methyl sites for hydroxylation is 1. The molecular weight excluding hydrogens is 324 g/mol. The zero-order valence-electron chi connectivity index (χ0n) is 14.5. The van der Waals surface area contributed by atoms with Crippen LogP contribution in [0.25, 0.3) is 0 Å². The van der Waals surface area contributed by atoms with Crippen molar-refractivity contribution in [3.63, 3.8) is 0 Å². The van der Waals surface area contributed by atoms with Crippen LogP contribution in [0.2, 0.25) is 0 Å². The van der Waals surface area contributed by atoms with Gasteiger partial charge in [-0.3, -0.25) is 0 Å². The van der Waals surface area contributed by atoms with Gasteiger partial charge in [0.05, 0.1) is 0 Å². The number of anilines is 2. The van der Waals surface area contributed by atoms with E-state index in [1.165, 1.54) is 22.3 Å². The molecular formula is C22H22N2S. The van der Waals surface area contributed by atoms with Gasteiger partial charge in [0.15, 0.2) is 5.11 Å². The van der Waals surface area contributed by atoms with Gasteiger partial charge in [0, 0.05) is 11.4 Å². The van der Waals surface area contributed by atoms with Crippen LogP contribution in [0.1, 0.15) is 22.3 Å². The minimum Gasteiger partial charge on any atom is -0.332 e. The predicted octanol–water partition coefficient (Wildman–Crippen LogP) is 5.70. The Morgan fingerprint density at radius 1 is 0.760 bits per heavy atom. The largest absolute Gasteiger partial charge is 0.332 e. The molecule has 2 nitrogen and oxygen atoms in total. The molecule has 0 saturated carbocycles. The number of nitrogens with one attached hydrogen (secondary N) is 2. The van der Waals surface area contributed by atoms with E-state index in [1.54, 1.807) is 0 Å². The van der Waals surface area contributed by atoms with Gasteiger partial charge in [0.2, 0.25) is 0 Å². The molecule has 3 heteroatoms. The van der Waals surface area contributed by atoms with E-state index >= 15 is 0 Å². The van der Waals surface area contributed by atoms with E-state index in [4.69, 9.17) is 12.2 Å². The molecule has 25 heavy (non-hydrogen) atoms. The van der Waals surface area contributed by atoms with E-state index < -0.39 is 0 Å². The standard InChI is InChI=1S/C22H22N2S/c1-16-9-8-14-20(17(16)2)23-22(25)24-21-13-7-6-12-19(21)15-18-10-4-3-5-11-18/h3-14H,15H2,1-2H3,(H2,23,24,25). The first-order valence-corrected chi connectivity index (χ1v) is 8.80. The third-order valence-electron chi connectivity index (χ3n) is 4.36. The SMILES string of the molecule is Cc1cccc(NC(=S)Nc2ccccc2Cc2ccccc2)c1C. The Bertz CT molecular complexity index is 872. The number of thiocarbonyl (C=S) groups is 1. The van der Waals surface area contributed by atoms with E-state index in [0.29, 0.717) is 5.11 Å². The van der Waals surface area contributed by atoms with Crippen LogP contribution >= 0.6 is 12.2 Å². The van der Waals surface area contributed by atoms with Crippen LogP contribution < -0.4 is 10.6 Å². The van der Waals surface area contributed by atoms with Crippen LogP contribution in [0.5, 0.6) is 0 Å². The van der Waals surface area contributed by atoms with Crippen molar-refractivity contribution >= 4 is 28.7 Å². The molecule has 126 valence electrons. The van der Waals surface area contributed by atoms with Crippen LogP contribution in [0.3, 0.4) is 0 Å². The lowest BCUT2D eigenvalue weighted by Gasteiger charge is -2.16. The van der Waals surface area contributed by atoms with E-state index in [2.05, 4.69) is 73.0 Å². The molecule has 0 aliphatic carbocycles. The number of para-hydroxylation sites is 1. The summed E-state index contributed by atoms with van der Waals surface area (Å²) in [6, 6.07) is 24.9. The summed E-state index contributed by atoms with van der Waals surface area (Å²) < 4.78 is 0. The van der Waals surface area contributed by atoms with Crippen molar-refractivity contribution in [3.05, 3.63) is 95.1 Å². The molecule has 0 aliphatic rings. The first-order chi connectivity index (χ1) is 12.1. The van der Waals surface area contributed by atoms with Gasteiger partial charge in [-0.25, -0.2) is 0 Å². The summed E-state index contributed by atoms with van der Waals surface area (Å²) in [6.45, 7) is 4.20. The normalized spacial score (nSPS) is 10.3. The number of hydrogen-bond donors (Lipinski definition) is 2. The van der Waals surface area contributed by atoms with Crippen molar-refractivity contribution in [1.29, 1.82) is 0 Å². The predicted molar refractivity (Wildman–Crippen MR) is 111 cm³/mol. The van der Waals surface area contributed by atoms with E-state index in [-0.39, 0.29) is 0 Å². The molecule has 0 saturated heterocycles. The highest BCUT2D eigenvalue weighted by Crippen LogP contribution is 2.21. The molecule has 0 aromatic heterocycles. The molecule has 2 N–H and O–H groups in total. The van der Waals surface area contributed by atoms with Gasteiger partial charge in [-0.05, 0) is 66.9 Å². The molecule has 3 rings (SSSR count). The smallest absolute Gasteiger partial charge is 0.175 e. The Hall–Kier alpha value is -2.65. The molecule has 0 bridgehead atoms. The molecule has 0 heterocycles. The summed E-state index contributed by atoms with van der Waals surface area (Å²) in [6.07, 6.45) is 0.871. The number of hydrogen-bond acceptors (Lipinski definition) is 1. The fourth-order valence-corrected chi connectivity index (χ4v) is 2.99.